The topological polar surface area (TPSA) is 0 Å². The van der Waals surface area contributed by atoms with Crippen LogP contribution >= 0.6 is 0 Å². The Morgan fingerprint density at radius 2 is 1.80 bits per heavy atom. The zero-order valence-corrected chi connectivity index (χ0v) is 9.46. The molecule has 1 radical (unpaired) electrons. The maximum Gasteiger partial charge on any atom is 0.0130 e. The summed E-state index contributed by atoms with van der Waals surface area (Å²) in [6, 6.07) is 10.7. The second-order valence-electron chi connectivity index (χ2n) is 5.02. The molecule has 1 aromatic carbocycles. The Bertz CT molecular complexity index is 472. The number of rotatable bonds is 1. The summed E-state index contributed by atoms with van der Waals surface area (Å²) >= 11 is 0. The van der Waals surface area contributed by atoms with Gasteiger partial charge in [0.05, 0.1) is 0 Å². The van der Waals surface area contributed by atoms with Crippen molar-refractivity contribution in [3.8, 4) is 0 Å². The molecule has 75 valence electrons. The van der Waals surface area contributed by atoms with E-state index >= 15 is 0 Å². The zero-order valence-electron chi connectivity index (χ0n) is 9.46. The van der Waals surface area contributed by atoms with Gasteiger partial charge in [-0.3, -0.25) is 0 Å². The predicted molar refractivity (Wildman–Crippen MR) is 63.1 cm³/mol. The van der Waals surface area contributed by atoms with Gasteiger partial charge >= 0.3 is 0 Å². The Kier molecular flexibility index (Phi) is 1.57. The SMILES string of the molecule is CC1[C]=C2C(c3ccccc3)=C1C2(C)C. The standard InChI is InChI=1S/C15H15/c1-10-9-12-13(14(10)15(12,2)3)11-7-5-4-6-8-11/h4-8,10H,1-3H3. The lowest BCUT2D eigenvalue weighted by molar-refractivity contribution is 0.513. The van der Waals surface area contributed by atoms with E-state index in [-0.39, 0.29) is 5.41 Å². The largest absolute Gasteiger partial charge is 0.0622 e. The molecule has 0 spiro atoms. The third kappa shape index (κ3) is 0.971. The van der Waals surface area contributed by atoms with Crippen molar-refractivity contribution in [3.63, 3.8) is 0 Å². The lowest BCUT2D eigenvalue weighted by Crippen LogP contribution is -2.26. The van der Waals surface area contributed by atoms with Crippen molar-refractivity contribution < 1.29 is 0 Å². The van der Waals surface area contributed by atoms with Gasteiger partial charge in [-0.15, -0.1) is 0 Å². The molecule has 4 rings (SSSR count). The second kappa shape index (κ2) is 2.63. The summed E-state index contributed by atoms with van der Waals surface area (Å²) in [5.74, 6) is 0.519. The minimum Gasteiger partial charge on any atom is -0.0622 e. The van der Waals surface area contributed by atoms with Crippen molar-refractivity contribution in [1.29, 1.82) is 0 Å². The van der Waals surface area contributed by atoms with Gasteiger partial charge in [-0.05, 0) is 28.4 Å². The molecule has 2 bridgehead atoms. The maximum atomic E-state index is 3.57. The molecule has 1 aromatic rings. The van der Waals surface area contributed by atoms with Gasteiger partial charge in [-0.2, -0.15) is 0 Å². The summed E-state index contributed by atoms with van der Waals surface area (Å²) in [4.78, 5) is 0. The lowest BCUT2D eigenvalue weighted by atomic mass is 9.63. The number of hydrogen-bond acceptors (Lipinski definition) is 0. The molecule has 1 unspecified atom stereocenters. The molecule has 0 aliphatic heterocycles. The summed E-state index contributed by atoms with van der Waals surface area (Å²) in [6.07, 6.45) is 3.57. The highest BCUT2D eigenvalue weighted by Gasteiger charge is 2.49. The number of allylic oxidation sites excluding steroid dienone is 4. The molecule has 0 fully saturated rings. The van der Waals surface area contributed by atoms with Crippen molar-refractivity contribution in [1.82, 2.24) is 0 Å². The summed E-state index contributed by atoms with van der Waals surface area (Å²) < 4.78 is 0. The van der Waals surface area contributed by atoms with E-state index in [0.29, 0.717) is 5.92 Å². The van der Waals surface area contributed by atoms with Crippen LogP contribution in [0.25, 0.3) is 5.57 Å². The van der Waals surface area contributed by atoms with Gasteiger partial charge in [0.15, 0.2) is 0 Å². The fourth-order valence-corrected chi connectivity index (χ4v) is 3.04. The van der Waals surface area contributed by atoms with Crippen LogP contribution in [0.1, 0.15) is 26.3 Å². The van der Waals surface area contributed by atoms with Crippen molar-refractivity contribution >= 4 is 5.57 Å². The number of fused-ring (bicyclic) bond motifs is 1. The first-order valence-corrected chi connectivity index (χ1v) is 5.57. The molecule has 0 N–H and O–H groups in total. The molecule has 15 heavy (non-hydrogen) atoms. The average Bonchev–Trinajstić information content (AvgIpc) is 2.69. The quantitative estimate of drug-likeness (QED) is 0.638. The number of hydrogen-bond donors (Lipinski definition) is 0. The van der Waals surface area contributed by atoms with Crippen LogP contribution in [0.3, 0.4) is 0 Å². The highest BCUT2D eigenvalue weighted by atomic mass is 14.5. The summed E-state index contributed by atoms with van der Waals surface area (Å²) in [5, 5.41) is 0. The van der Waals surface area contributed by atoms with E-state index in [9.17, 15) is 0 Å². The van der Waals surface area contributed by atoms with Crippen LogP contribution in [0.4, 0.5) is 0 Å². The molecule has 0 nitrogen and oxygen atoms in total. The molecule has 0 saturated carbocycles. The van der Waals surface area contributed by atoms with Crippen molar-refractivity contribution in [2.45, 2.75) is 20.8 Å². The Balaban J connectivity index is 2.16. The molecule has 0 aromatic heterocycles. The van der Waals surface area contributed by atoms with Crippen molar-refractivity contribution in [2.24, 2.45) is 11.3 Å². The summed E-state index contributed by atoms with van der Waals surface area (Å²) in [6.45, 7) is 6.86. The van der Waals surface area contributed by atoms with E-state index in [2.05, 4.69) is 57.2 Å². The second-order valence-corrected chi connectivity index (χ2v) is 5.02. The highest BCUT2D eigenvalue weighted by molar-refractivity contribution is 5.94. The zero-order chi connectivity index (χ0) is 10.6. The third-order valence-electron chi connectivity index (χ3n) is 3.67. The van der Waals surface area contributed by atoms with Crippen LogP contribution in [0.15, 0.2) is 41.5 Å². The molecular formula is C15H15. The first-order valence-electron chi connectivity index (χ1n) is 5.57. The predicted octanol–water partition coefficient (Wildman–Crippen LogP) is 3.86. The van der Waals surface area contributed by atoms with Gasteiger partial charge in [0.2, 0.25) is 0 Å². The van der Waals surface area contributed by atoms with E-state index < -0.39 is 0 Å². The van der Waals surface area contributed by atoms with Gasteiger partial charge in [0.25, 0.3) is 0 Å². The molecule has 3 aliphatic rings. The molecule has 1 atom stereocenters. The van der Waals surface area contributed by atoms with Crippen LogP contribution in [0, 0.1) is 17.4 Å². The van der Waals surface area contributed by atoms with Gasteiger partial charge in [-0.1, -0.05) is 51.1 Å². The van der Waals surface area contributed by atoms with Crippen molar-refractivity contribution in [3.05, 3.63) is 53.1 Å². The molecular weight excluding hydrogens is 180 g/mol. The van der Waals surface area contributed by atoms with Crippen LogP contribution in [0.5, 0.6) is 0 Å². The van der Waals surface area contributed by atoms with Gasteiger partial charge in [0.1, 0.15) is 0 Å². The van der Waals surface area contributed by atoms with Crippen LogP contribution in [-0.2, 0) is 0 Å². The van der Waals surface area contributed by atoms with E-state index in [0.717, 1.165) is 0 Å². The molecule has 3 aliphatic carbocycles. The summed E-state index contributed by atoms with van der Waals surface area (Å²) in [7, 11) is 0. The first-order chi connectivity index (χ1) is 7.12. The highest BCUT2D eigenvalue weighted by Crippen LogP contribution is 2.62. The third-order valence-corrected chi connectivity index (χ3v) is 3.67. The molecule has 0 heteroatoms. The van der Waals surface area contributed by atoms with Crippen molar-refractivity contribution in [2.75, 3.05) is 0 Å². The Morgan fingerprint density at radius 1 is 1.13 bits per heavy atom. The fraction of sp³-hybridized carbons (Fsp3) is 0.333. The molecule has 0 saturated heterocycles. The van der Waals surface area contributed by atoms with Crippen LogP contribution in [-0.4, -0.2) is 0 Å². The van der Waals surface area contributed by atoms with E-state index in [4.69, 9.17) is 0 Å². The Hall–Kier alpha value is -1.30. The van der Waals surface area contributed by atoms with Gasteiger partial charge in [-0.25, -0.2) is 0 Å². The number of benzene rings is 1. The Labute approximate surface area is 91.3 Å². The minimum atomic E-state index is 0.282. The fourth-order valence-electron chi connectivity index (χ4n) is 3.04. The summed E-state index contributed by atoms with van der Waals surface area (Å²) in [5.41, 5.74) is 6.11. The lowest BCUT2D eigenvalue weighted by Gasteiger charge is -2.40. The molecule has 0 heterocycles. The van der Waals surface area contributed by atoms with E-state index in [1.54, 1.807) is 5.57 Å². The smallest absolute Gasteiger partial charge is 0.0130 e. The maximum absolute atomic E-state index is 3.57. The average molecular weight is 195 g/mol. The van der Waals surface area contributed by atoms with E-state index in [1.165, 1.54) is 16.7 Å². The molecule has 0 amide bonds. The van der Waals surface area contributed by atoms with Gasteiger partial charge < -0.3 is 0 Å². The normalized spacial score (nSPS) is 26.3. The van der Waals surface area contributed by atoms with Crippen LogP contribution in [0.2, 0.25) is 0 Å². The minimum absolute atomic E-state index is 0.282. The first kappa shape index (κ1) is 8.96. The Morgan fingerprint density at radius 3 is 2.27 bits per heavy atom. The monoisotopic (exact) mass is 195 g/mol. The van der Waals surface area contributed by atoms with Gasteiger partial charge in [0, 0.05) is 11.3 Å². The van der Waals surface area contributed by atoms with Crippen LogP contribution < -0.4 is 0 Å². The van der Waals surface area contributed by atoms with E-state index in [1.807, 2.05) is 0 Å².